The lowest BCUT2D eigenvalue weighted by molar-refractivity contribution is -0.145. The van der Waals surface area contributed by atoms with Crippen LogP contribution in [-0.4, -0.2) is 41.3 Å². The molecule has 0 fully saturated rings. The summed E-state index contributed by atoms with van der Waals surface area (Å²) in [6, 6.07) is 9.19. The van der Waals surface area contributed by atoms with E-state index in [0.29, 0.717) is 16.5 Å². The fraction of sp³-hybridized carbons (Fsp3) is 0.320. The number of fused-ring (bicyclic) bond motifs is 1. The fourth-order valence-electron chi connectivity index (χ4n) is 3.51. The number of para-hydroxylation sites is 1. The second kappa shape index (κ2) is 10.0. The number of nitrogens with zero attached hydrogens (tertiary/aromatic N) is 1. The van der Waals surface area contributed by atoms with Crippen LogP contribution in [0.15, 0.2) is 48.7 Å². The smallest absolute Gasteiger partial charge is 0.419 e. The summed E-state index contributed by atoms with van der Waals surface area (Å²) in [4.78, 5) is 37.7. The SMILES string of the molecule is COC(=O)[C@@H](Cc1cn(C(=O)OC(C)(C)C)c2ccccc12)NC(=O)Cc1ccc(F)c(F)c1. The van der Waals surface area contributed by atoms with Gasteiger partial charge in [0.15, 0.2) is 11.6 Å². The maximum absolute atomic E-state index is 13.5. The van der Waals surface area contributed by atoms with Crippen LogP contribution in [0.4, 0.5) is 13.6 Å². The third-order valence-electron chi connectivity index (χ3n) is 4.98. The lowest BCUT2D eigenvalue weighted by Crippen LogP contribution is -2.43. The molecule has 3 aromatic rings. The van der Waals surface area contributed by atoms with Crippen LogP contribution in [0, 0.1) is 11.6 Å². The Morgan fingerprint density at radius 2 is 1.76 bits per heavy atom. The molecule has 0 aliphatic heterocycles. The van der Waals surface area contributed by atoms with Crippen molar-refractivity contribution in [3.05, 3.63) is 71.4 Å². The maximum atomic E-state index is 13.5. The predicted molar refractivity (Wildman–Crippen MR) is 121 cm³/mol. The summed E-state index contributed by atoms with van der Waals surface area (Å²) in [5.41, 5.74) is 0.750. The molecule has 0 radical (unpaired) electrons. The van der Waals surface area contributed by atoms with Crippen molar-refractivity contribution in [3.63, 3.8) is 0 Å². The molecule has 180 valence electrons. The lowest BCUT2D eigenvalue weighted by atomic mass is 10.0. The van der Waals surface area contributed by atoms with Crippen LogP contribution in [0.1, 0.15) is 31.9 Å². The highest BCUT2D eigenvalue weighted by atomic mass is 19.2. The topological polar surface area (TPSA) is 86.6 Å². The van der Waals surface area contributed by atoms with Crippen LogP contribution >= 0.6 is 0 Å². The molecular weight excluding hydrogens is 446 g/mol. The third-order valence-corrected chi connectivity index (χ3v) is 4.98. The molecule has 0 saturated heterocycles. The minimum atomic E-state index is -1.07. The number of esters is 1. The van der Waals surface area contributed by atoms with E-state index >= 15 is 0 Å². The number of carbonyl (C=O) groups is 3. The summed E-state index contributed by atoms with van der Waals surface area (Å²) in [6.07, 6.45) is 0.763. The van der Waals surface area contributed by atoms with E-state index in [1.165, 1.54) is 17.7 Å². The third kappa shape index (κ3) is 5.98. The molecule has 0 spiro atoms. The van der Waals surface area contributed by atoms with Crippen LogP contribution in [0.3, 0.4) is 0 Å². The van der Waals surface area contributed by atoms with Crippen molar-refractivity contribution in [2.24, 2.45) is 0 Å². The van der Waals surface area contributed by atoms with E-state index in [9.17, 15) is 23.2 Å². The molecule has 0 aliphatic rings. The lowest BCUT2D eigenvalue weighted by Gasteiger charge is -2.19. The van der Waals surface area contributed by atoms with Gasteiger partial charge in [-0.15, -0.1) is 0 Å². The quantitative estimate of drug-likeness (QED) is 0.545. The number of ether oxygens (including phenoxy) is 2. The van der Waals surface area contributed by atoms with E-state index in [1.54, 1.807) is 51.2 Å². The molecule has 7 nitrogen and oxygen atoms in total. The molecule has 1 N–H and O–H groups in total. The molecule has 1 amide bonds. The molecule has 0 bridgehead atoms. The van der Waals surface area contributed by atoms with E-state index in [0.717, 1.165) is 12.1 Å². The van der Waals surface area contributed by atoms with Gasteiger partial charge in [0, 0.05) is 18.0 Å². The van der Waals surface area contributed by atoms with Crippen molar-refractivity contribution in [3.8, 4) is 0 Å². The van der Waals surface area contributed by atoms with Gasteiger partial charge in [0.1, 0.15) is 11.6 Å². The molecular formula is C25H26F2N2O5. The average molecular weight is 472 g/mol. The largest absolute Gasteiger partial charge is 0.467 e. The molecule has 9 heteroatoms. The average Bonchev–Trinajstić information content (AvgIpc) is 3.13. The number of rotatable bonds is 6. The first-order chi connectivity index (χ1) is 16.0. The van der Waals surface area contributed by atoms with Crippen LogP contribution in [0.5, 0.6) is 0 Å². The monoisotopic (exact) mass is 472 g/mol. The van der Waals surface area contributed by atoms with E-state index in [2.05, 4.69) is 5.32 Å². The highest BCUT2D eigenvalue weighted by molar-refractivity contribution is 5.93. The van der Waals surface area contributed by atoms with Gasteiger partial charge in [0.05, 0.1) is 19.0 Å². The number of carbonyl (C=O) groups excluding carboxylic acids is 3. The number of nitrogens with one attached hydrogen (secondary N) is 1. The van der Waals surface area contributed by atoms with Crippen LogP contribution in [0.25, 0.3) is 10.9 Å². The van der Waals surface area contributed by atoms with Gasteiger partial charge in [-0.1, -0.05) is 24.3 Å². The normalized spacial score (nSPS) is 12.3. The highest BCUT2D eigenvalue weighted by Crippen LogP contribution is 2.24. The molecule has 1 atom stereocenters. The molecule has 1 heterocycles. The predicted octanol–water partition coefficient (Wildman–Crippen LogP) is 4.15. The van der Waals surface area contributed by atoms with Crippen molar-refractivity contribution in [1.82, 2.24) is 9.88 Å². The molecule has 0 saturated carbocycles. The summed E-state index contributed by atoms with van der Waals surface area (Å²) < 4.78 is 38.3. The minimum absolute atomic E-state index is 0.0342. The molecule has 0 unspecified atom stereocenters. The van der Waals surface area contributed by atoms with Crippen molar-refractivity contribution >= 4 is 28.9 Å². The maximum Gasteiger partial charge on any atom is 0.419 e. The van der Waals surface area contributed by atoms with Gasteiger partial charge in [-0.3, -0.25) is 9.36 Å². The van der Waals surface area contributed by atoms with Crippen molar-refractivity contribution < 1.29 is 32.6 Å². The molecule has 3 rings (SSSR count). The molecule has 0 aliphatic carbocycles. The Kier molecular flexibility index (Phi) is 7.34. The number of hydrogen-bond acceptors (Lipinski definition) is 5. The number of amides is 1. The van der Waals surface area contributed by atoms with Crippen molar-refractivity contribution in [2.75, 3.05) is 7.11 Å². The number of hydrogen-bond donors (Lipinski definition) is 1. The zero-order valence-electron chi connectivity index (χ0n) is 19.4. The van der Waals surface area contributed by atoms with Crippen molar-refractivity contribution in [2.45, 2.75) is 45.3 Å². The Bertz CT molecular complexity index is 1230. The van der Waals surface area contributed by atoms with E-state index in [-0.39, 0.29) is 18.4 Å². The first kappa shape index (κ1) is 24.9. The van der Waals surface area contributed by atoms with Gasteiger partial charge in [-0.2, -0.15) is 0 Å². The summed E-state index contributed by atoms with van der Waals surface area (Å²) in [5.74, 6) is -3.34. The second-order valence-electron chi connectivity index (χ2n) is 8.79. The fourth-order valence-corrected chi connectivity index (χ4v) is 3.51. The Hall–Kier alpha value is -3.75. The van der Waals surface area contributed by atoms with Gasteiger partial charge in [-0.25, -0.2) is 18.4 Å². The summed E-state index contributed by atoms with van der Waals surface area (Å²) in [7, 11) is 1.20. The Balaban J connectivity index is 1.85. The summed E-state index contributed by atoms with van der Waals surface area (Å²) >= 11 is 0. The van der Waals surface area contributed by atoms with Gasteiger partial charge >= 0.3 is 12.1 Å². The van der Waals surface area contributed by atoms with E-state index in [4.69, 9.17) is 9.47 Å². The number of halogens is 2. The van der Waals surface area contributed by atoms with Gasteiger partial charge in [0.2, 0.25) is 5.91 Å². The standard InChI is InChI=1S/C25H26F2N2O5/c1-25(2,3)34-24(32)29-14-16(17-7-5-6-8-21(17)29)13-20(23(31)33-4)28-22(30)12-15-9-10-18(26)19(27)11-15/h5-11,14,20H,12-13H2,1-4H3,(H,28,30)/t20-/m1/s1. The van der Waals surface area contributed by atoms with Crippen LogP contribution in [0.2, 0.25) is 0 Å². The number of benzene rings is 2. The summed E-state index contributed by atoms with van der Waals surface area (Å²) in [6.45, 7) is 5.27. The highest BCUT2D eigenvalue weighted by Gasteiger charge is 2.26. The van der Waals surface area contributed by atoms with Gasteiger partial charge < -0.3 is 14.8 Å². The Morgan fingerprint density at radius 1 is 1.06 bits per heavy atom. The first-order valence-corrected chi connectivity index (χ1v) is 10.6. The van der Waals surface area contributed by atoms with Gasteiger partial charge in [0.25, 0.3) is 0 Å². The Labute approximate surface area is 195 Å². The number of aromatic nitrogens is 1. The van der Waals surface area contributed by atoms with E-state index < -0.39 is 41.2 Å². The second-order valence-corrected chi connectivity index (χ2v) is 8.79. The first-order valence-electron chi connectivity index (χ1n) is 10.6. The zero-order valence-corrected chi connectivity index (χ0v) is 19.4. The number of methoxy groups -OCH3 is 1. The Morgan fingerprint density at radius 3 is 2.41 bits per heavy atom. The van der Waals surface area contributed by atoms with Crippen molar-refractivity contribution in [1.29, 1.82) is 0 Å². The summed E-state index contributed by atoms with van der Waals surface area (Å²) in [5, 5.41) is 3.29. The van der Waals surface area contributed by atoms with Crippen LogP contribution in [-0.2, 0) is 31.9 Å². The molecule has 2 aromatic carbocycles. The zero-order chi connectivity index (χ0) is 25.0. The minimum Gasteiger partial charge on any atom is -0.467 e. The van der Waals surface area contributed by atoms with Crippen LogP contribution < -0.4 is 5.32 Å². The van der Waals surface area contributed by atoms with E-state index in [1.807, 2.05) is 0 Å². The molecule has 34 heavy (non-hydrogen) atoms. The van der Waals surface area contributed by atoms with Gasteiger partial charge in [-0.05, 0) is 50.1 Å². The molecule has 1 aromatic heterocycles.